The number of nitrogens with zero attached hydrogens (tertiary/aromatic N) is 1. The van der Waals surface area contributed by atoms with Gasteiger partial charge in [-0.25, -0.2) is 0 Å². The van der Waals surface area contributed by atoms with Crippen molar-refractivity contribution < 1.29 is 0 Å². The molecule has 11 aromatic carbocycles. The highest BCUT2D eigenvalue weighted by Crippen LogP contribution is 2.50. The highest BCUT2D eigenvalue weighted by molar-refractivity contribution is 5.91. The van der Waals surface area contributed by atoms with Crippen LogP contribution in [0.3, 0.4) is 0 Å². The zero-order valence-electron chi connectivity index (χ0n) is 38.3. The first-order chi connectivity index (χ1) is 33.4. The van der Waals surface area contributed by atoms with Crippen LogP contribution in [0.1, 0.15) is 25.0 Å². The largest absolute Gasteiger partial charge is 0.310 e. The standard InChI is InChI=1S/C67H49N/c1-67(2)64-24-10-8-23-62(64)63-41-36-57(45-65(63)67)51-34-39-60(40-35-51)68(66-25-11-9-22-61(66)58-21-13-19-54(44-58)46-14-4-3-5-15-46)59-37-32-49(33-38-59)48-26-28-50(29-27-48)53-18-12-20-55(42-53)56-31-30-47-16-6-7-17-52(47)43-56/h3-45H,1-2H3. The maximum absolute atomic E-state index is 2.41. The first kappa shape index (κ1) is 40.9. The van der Waals surface area contributed by atoms with Gasteiger partial charge >= 0.3 is 0 Å². The highest BCUT2D eigenvalue weighted by Gasteiger charge is 2.35. The molecule has 1 aliphatic carbocycles. The molecular weight excluding hydrogens is 819 g/mol. The van der Waals surface area contributed by atoms with Crippen molar-refractivity contribution in [3.8, 4) is 77.9 Å². The van der Waals surface area contributed by atoms with Crippen molar-refractivity contribution in [1.82, 2.24) is 0 Å². The van der Waals surface area contributed by atoms with Gasteiger partial charge in [0.15, 0.2) is 0 Å². The molecule has 0 saturated heterocycles. The molecule has 11 aromatic rings. The minimum Gasteiger partial charge on any atom is -0.310 e. The molecule has 0 N–H and O–H groups in total. The van der Waals surface area contributed by atoms with E-state index >= 15 is 0 Å². The van der Waals surface area contributed by atoms with E-state index in [0.29, 0.717) is 0 Å². The van der Waals surface area contributed by atoms with E-state index in [-0.39, 0.29) is 5.41 Å². The van der Waals surface area contributed by atoms with Gasteiger partial charge in [-0.15, -0.1) is 0 Å². The van der Waals surface area contributed by atoms with Gasteiger partial charge in [-0.05, 0) is 149 Å². The van der Waals surface area contributed by atoms with E-state index in [4.69, 9.17) is 0 Å². The second-order valence-corrected chi connectivity index (χ2v) is 18.5. The molecule has 0 atom stereocenters. The third kappa shape index (κ3) is 7.49. The molecule has 0 amide bonds. The summed E-state index contributed by atoms with van der Waals surface area (Å²) in [5.41, 5.74) is 23.1. The van der Waals surface area contributed by atoms with Crippen LogP contribution in [-0.2, 0) is 5.41 Å². The maximum atomic E-state index is 2.41. The van der Waals surface area contributed by atoms with Crippen LogP contribution in [0.15, 0.2) is 261 Å². The Labute approximate surface area is 399 Å². The van der Waals surface area contributed by atoms with E-state index in [0.717, 1.165) is 17.1 Å². The Morgan fingerprint density at radius 1 is 0.250 bits per heavy atom. The Morgan fingerprint density at radius 2 is 0.662 bits per heavy atom. The highest BCUT2D eigenvalue weighted by atomic mass is 15.1. The van der Waals surface area contributed by atoms with Crippen LogP contribution in [0.25, 0.3) is 88.7 Å². The lowest BCUT2D eigenvalue weighted by Crippen LogP contribution is -2.14. The van der Waals surface area contributed by atoms with Crippen molar-refractivity contribution in [2.45, 2.75) is 19.3 Å². The van der Waals surface area contributed by atoms with Crippen molar-refractivity contribution in [2.75, 3.05) is 4.90 Å². The number of hydrogen-bond donors (Lipinski definition) is 0. The molecule has 1 heteroatoms. The summed E-state index contributed by atoms with van der Waals surface area (Å²) >= 11 is 0. The zero-order chi connectivity index (χ0) is 45.6. The second-order valence-electron chi connectivity index (χ2n) is 18.5. The Hall–Kier alpha value is -8.52. The summed E-state index contributed by atoms with van der Waals surface area (Å²) < 4.78 is 0. The number of benzene rings is 11. The van der Waals surface area contributed by atoms with Crippen molar-refractivity contribution in [3.05, 3.63) is 272 Å². The Morgan fingerprint density at radius 3 is 1.34 bits per heavy atom. The normalized spacial score (nSPS) is 12.4. The van der Waals surface area contributed by atoms with E-state index in [1.165, 1.54) is 99.8 Å². The van der Waals surface area contributed by atoms with Gasteiger partial charge in [0.1, 0.15) is 0 Å². The number of anilines is 3. The molecule has 0 bridgehead atoms. The lowest BCUT2D eigenvalue weighted by Gasteiger charge is -2.28. The summed E-state index contributed by atoms with van der Waals surface area (Å²) in [7, 11) is 0. The minimum absolute atomic E-state index is 0.0563. The predicted molar refractivity (Wildman–Crippen MR) is 289 cm³/mol. The van der Waals surface area contributed by atoms with Crippen LogP contribution in [-0.4, -0.2) is 0 Å². The lowest BCUT2D eigenvalue weighted by atomic mass is 9.81. The molecule has 0 aliphatic heterocycles. The van der Waals surface area contributed by atoms with Gasteiger partial charge in [0.05, 0.1) is 5.69 Å². The third-order valence-electron chi connectivity index (χ3n) is 14.1. The van der Waals surface area contributed by atoms with E-state index in [1.807, 2.05) is 0 Å². The fourth-order valence-corrected chi connectivity index (χ4v) is 10.4. The summed E-state index contributed by atoms with van der Waals surface area (Å²) in [6.45, 7) is 4.70. The van der Waals surface area contributed by atoms with E-state index < -0.39 is 0 Å². The van der Waals surface area contributed by atoms with Gasteiger partial charge < -0.3 is 4.90 Å². The van der Waals surface area contributed by atoms with Gasteiger partial charge in [0.2, 0.25) is 0 Å². The summed E-state index contributed by atoms with van der Waals surface area (Å²) in [6.07, 6.45) is 0. The van der Waals surface area contributed by atoms with Crippen molar-refractivity contribution in [1.29, 1.82) is 0 Å². The minimum atomic E-state index is -0.0563. The van der Waals surface area contributed by atoms with Gasteiger partial charge in [-0.1, -0.05) is 220 Å². The molecule has 0 radical (unpaired) electrons. The number of fused-ring (bicyclic) bond motifs is 4. The van der Waals surface area contributed by atoms with Gasteiger partial charge in [-0.2, -0.15) is 0 Å². The van der Waals surface area contributed by atoms with Crippen molar-refractivity contribution >= 4 is 27.8 Å². The molecule has 0 heterocycles. The smallest absolute Gasteiger partial charge is 0.0540 e. The average Bonchev–Trinajstić information content (AvgIpc) is 3.64. The van der Waals surface area contributed by atoms with Crippen LogP contribution >= 0.6 is 0 Å². The molecule has 0 fully saturated rings. The number of para-hydroxylation sites is 1. The molecule has 12 rings (SSSR count). The van der Waals surface area contributed by atoms with Gasteiger partial charge in [0.25, 0.3) is 0 Å². The van der Waals surface area contributed by atoms with Crippen LogP contribution in [0.5, 0.6) is 0 Å². The quantitative estimate of drug-likeness (QED) is 0.140. The summed E-state index contributed by atoms with van der Waals surface area (Å²) in [4.78, 5) is 2.41. The molecule has 322 valence electrons. The second kappa shape index (κ2) is 17.0. The molecular formula is C67H49N. The molecule has 1 aliphatic rings. The Balaban J connectivity index is 0.885. The predicted octanol–water partition coefficient (Wildman–Crippen LogP) is 18.6. The van der Waals surface area contributed by atoms with E-state index in [1.54, 1.807) is 0 Å². The molecule has 0 spiro atoms. The van der Waals surface area contributed by atoms with E-state index in [9.17, 15) is 0 Å². The Bertz CT molecular complexity index is 3620. The maximum Gasteiger partial charge on any atom is 0.0540 e. The van der Waals surface area contributed by atoms with Crippen LogP contribution in [0, 0.1) is 0 Å². The van der Waals surface area contributed by atoms with Gasteiger partial charge in [-0.3, -0.25) is 0 Å². The lowest BCUT2D eigenvalue weighted by molar-refractivity contribution is 0.660. The topological polar surface area (TPSA) is 3.24 Å². The van der Waals surface area contributed by atoms with Gasteiger partial charge in [0, 0.05) is 22.4 Å². The summed E-state index contributed by atoms with van der Waals surface area (Å²) in [5, 5.41) is 2.52. The van der Waals surface area contributed by atoms with Crippen LogP contribution in [0.2, 0.25) is 0 Å². The number of hydrogen-bond acceptors (Lipinski definition) is 1. The Kier molecular flexibility index (Phi) is 10.3. The monoisotopic (exact) mass is 867 g/mol. The molecule has 68 heavy (non-hydrogen) atoms. The molecule has 0 aromatic heterocycles. The zero-order valence-corrected chi connectivity index (χ0v) is 38.3. The van der Waals surface area contributed by atoms with Crippen molar-refractivity contribution in [2.24, 2.45) is 0 Å². The summed E-state index contributed by atoms with van der Waals surface area (Å²) in [5.74, 6) is 0. The first-order valence-electron chi connectivity index (χ1n) is 23.6. The van der Waals surface area contributed by atoms with E-state index in [2.05, 4.69) is 280 Å². The molecule has 1 nitrogen and oxygen atoms in total. The van der Waals surface area contributed by atoms with Crippen LogP contribution < -0.4 is 4.90 Å². The summed E-state index contributed by atoms with van der Waals surface area (Å²) in [6, 6.07) is 95.5. The molecule has 0 unspecified atom stereocenters. The van der Waals surface area contributed by atoms with Crippen molar-refractivity contribution in [3.63, 3.8) is 0 Å². The third-order valence-corrected chi connectivity index (χ3v) is 14.1. The first-order valence-corrected chi connectivity index (χ1v) is 23.6. The number of rotatable bonds is 9. The molecule has 0 saturated carbocycles. The van der Waals surface area contributed by atoms with Crippen LogP contribution in [0.4, 0.5) is 17.1 Å². The fraction of sp³-hybridized carbons (Fsp3) is 0.0448. The fourth-order valence-electron chi connectivity index (χ4n) is 10.4. The average molecular weight is 868 g/mol. The SMILES string of the molecule is CC1(C)c2ccccc2-c2ccc(-c3ccc(N(c4ccc(-c5ccc(-c6cccc(-c7ccc8ccccc8c7)c6)cc5)cc4)c4ccccc4-c4cccc(-c5ccccc5)c4)cc3)cc21.